The van der Waals surface area contributed by atoms with Gasteiger partial charge in [0, 0.05) is 24.5 Å². The van der Waals surface area contributed by atoms with Gasteiger partial charge < -0.3 is 16.0 Å². The van der Waals surface area contributed by atoms with Crippen LogP contribution in [0.1, 0.15) is 5.56 Å². The molecule has 7 heteroatoms. The van der Waals surface area contributed by atoms with Gasteiger partial charge in [0.15, 0.2) is 0 Å². The van der Waals surface area contributed by atoms with Crippen molar-refractivity contribution in [2.75, 3.05) is 30.3 Å². The van der Waals surface area contributed by atoms with Crippen molar-refractivity contribution < 1.29 is 18.0 Å². The third-order valence-electron chi connectivity index (χ3n) is 2.71. The number of nitrogens with two attached hydrogens (primary N) is 1. The van der Waals surface area contributed by atoms with Crippen molar-refractivity contribution in [1.82, 2.24) is 5.32 Å². The highest BCUT2D eigenvalue weighted by Crippen LogP contribution is 2.37. The first-order valence-electron chi connectivity index (χ1n) is 5.36. The van der Waals surface area contributed by atoms with E-state index in [-0.39, 0.29) is 23.8 Å². The van der Waals surface area contributed by atoms with Crippen molar-refractivity contribution in [1.29, 1.82) is 0 Å². The molecule has 1 aliphatic heterocycles. The molecule has 0 spiro atoms. The molecule has 0 unspecified atom stereocenters. The monoisotopic (exact) mass is 259 g/mol. The van der Waals surface area contributed by atoms with E-state index in [0.29, 0.717) is 13.1 Å². The van der Waals surface area contributed by atoms with Gasteiger partial charge in [-0.2, -0.15) is 13.2 Å². The van der Waals surface area contributed by atoms with Crippen molar-refractivity contribution >= 4 is 17.3 Å². The highest BCUT2D eigenvalue weighted by atomic mass is 19.4. The molecule has 1 aromatic rings. The highest BCUT2D eigenvalue weighted by molar-refractivity contribution is 5.83. The standard InChI is InChI=1S/C11H12F3N3O/c12-11(13,14)8-5-7(15)1-2-9(8)17-4-3-16-10(18)6-17/h1-2,5H,3-4,6,15H2,(H,16,18). The van der Waals surface area contributed by atoms with Crippen LogP contribution in [0.4, 0.5) is 24.5 Å². The van der Waals surface area contributed by atoms with Crippen LogP contribution in [0.15, 0.2) is 18.2 Å². The van der Waals surface area contributed by atoms with Crippen molar-refractivity contribution in [2.45, 2.75) is 6.18 Å². The number of nitrogens with one attached hydrogen (secondary N) is 1. The fourth-order valence-electron chi connectivity index (χ4n) is 1.90. The molecule has 0 aliphatic carbocycles. The molecule has 1 aliphatic rings. The number of carbonyl (C=O) groups excluding carboxylic acids is 1. The minimum Gasteiger partial charge on any atom is -0.399 e. The van der Waals surface area contributed by atoms with Crippen molar-refractivity contribution in [3.63, 3.8) is 0 Å². The number of anilines is 2. The second-order valence-electron chi connectivity index (χ2n) is 4.05. The van der Waals surface area contributed by atoms with Crippen LogP contribution in [-0.2, 0) is 11.0 Å². The maximum absolute atomic E-state index is 12.9. The first-order valence-corrected chi connectivity index (χ1v) is 5.36. The van der Waals surface area contributed by atoms with Crippen LogP contribution in [0.5, 0.6) is 0 Å². The maximum Gasteiger partial charge on any atom is 0.418 e. The molecule has 1 aromatic carbocycles. The van der Waals surface area contributed by atoms with E-state index in [2.05, 4.69) is 5.32 Å². The lowest BCUT2D eigenvalue weighted by Gasteiger charge is -2.30. The van der Waals surface area contributed by atoms with E-state index >= 15 is 0 Å². The number of hydrogen-bond acceptors (Lipinski definition) is 3. The number of hydrogen-bond donors (Lipinski definition) is 2. The zero-order valence-corrected chi connectivity index (χ0v) is 9.42. The second-order valence-corrected chi connectivity index (χ2v) is 4.05. The summed E-state index contributed by atoms with van der Waals surface area (Å²) in [6.45, 7) is 0.603. The Morgan fingerprint density at radius 2 is 2.06 bits per heavy atom. The Bertz CT molecular complexity index is 473. The second kappa shape index (κ2) is 4.40. The van der Waals surface area contributed by atoms with Crippen LogP contribution in [0.2, 0.25) is 0 Å². The van der Waals surface area contributed by atoms with Gasteiger partial charge in [0.2, 0.25) is 5.91 Å². The van der Waals surface area contributed by atoms with Gasteiger partial charge in [-0.25, -0.2) is 0 Å². The van der Waals surface area contributed by atoms with Crippen LogP contribution in [0.3, 0.4) is 0 Å². The van der Waals surface area contributed by atoms with Gasteiger partial charge >= 0.3 is 6.18 Å². The van der Waals surface area contributed by atoms with E-state index in [0.717, 1.165) is 6.07 Å². The van der Waals surface area contributed by atoms with E-state index < -0.39 is 11.7 Å². The number of halogens is 3. The molecule has 18 heavy (non-hydrogen) atoms. The van der Waals surface area contributed by atoms with Gasteiger partial charge in [-0.3, -0.25) is 4.79 Å². The molecule has 2 rings (SSSR count). The number of alkyl halides is 3. The predicted molar refractivity (Wildman–Crippen MR) is 61.1 cm³/mol. The minimum absolute atomic E-state index is 0.00782. The van der Waals surface area contributed by atoms with Gasteiger partial charge in [0.05, 0.1) is 12.1 Å². The van der Waals surface area contributed by atoms with Crippen LogP contribution in [0, 0.1) is 0 Å². The molecular weight excluding hydrogens is 247 g/mol. The van der Waals surface area contributed by atoms with Crippen LogP contribution in [-0.4, -0.2) is 25.5 Å². The quantitative estimate of drug-likeness (QED) is 0.746. The first-order chi connectivity index (χ1) is 8.38. The summed E-state index contributed by atoms with van der Waals surface area (Å²) in [7, 11) is 0. The van der Waals surface area contributed by atoms with Crippen LogP contribution >= 0.6 is 0 Å². The summed E-state index contributed by atoms with van der Waals surface area (Å²) in [6.07, 6.45) is -4.49. The normalized spacial score (nSPS) is 16.6. The third-order valence-corrected chi connectivity index (χ3v) is 2.71. The smallest absolute Gasteiger partial charge is 0.399 e. The molecule has 0 atom stereocenters. The zero-order valence-electron chi connectivity index (χ0n) is 9.42. The topological polar surface area (TPSA) is 58.4 Å². The van der Waals surface area contributed by atoms with E-state index in [1.807, 2.05) is 0 Å². The largest absolute Gasteiger partial charge is 0.418 e. The van der Waals surface area contributed by atoms with Gasteiger partial charge in [0.25, 0.3) is 0 Å². The third kappa shape index (κ3) is 2.49. The molecule has 0 aromatic heterocycles. The van der Waals surface area contributed by atoms with Crippen molar-refractivity contribution in [3.05, 3.63) is 23.8 Å². The van der Waals surface area contributed by atoms with Gasteiger partial charge in [-0.15, -0.1) is 0 Å². The maximum atomic E-state index is 12.9. The van der Waals surface area contributed by atoms with Gasteiger partial charge in [-0.05, 0) is 18.2 Å². The molecule has 0 radical (unpaired) electrons. The molecule has 1 amide bonds. The highest BCUT2D eigenvalue weighted by Gasteiger charge is 2.35. The Balaban J connectivity index is 2.40. The fourth-order valence-corrected chi connectivity index (χ4v) is 1.90. The molecule has 1 heterocycles. The Labute approximate surface area is 102 Å². The Kier molecular flexibility index (Phi) is 3.06. The summed E-state index contributed by atoms with van der Waals surface area (Å²) in [5, 5.41) is 2.56. The van der Waals surface area contributed by atoms with Crippen LogP contribution < -0.4 is 16.0 Å². The van der Waals surface area contributed by atoms with Gasteiger partial charge in [0.1, 0.15) is 0 Å². The minimum atomic E-state index is -4.49. The average molecular weight is 259 g/mol. The summed E-state index contributed by atoms with van der Waals surface area (Å²) in [6, 6.07) is 3.59. The number of piperazine rings is 1. The van der Waals surface area contributed by atoms with Crippen LogP contribution in [0.25, 0.3) is 0 Å². The molecule has 1 saturated heterocycles. The number of rotatable bonds is 1. The number of amides is 1. The summed E-state index contributed by atoms with van der Waals surface area (Å²) in [4.78, 5) is 12.6. The molecule has 0 saturated carbocycles. The van der Waals surface area contributed by atoms with Crippen molar-refractivity contribution in [3.8, 4) is 0 Å². The fraction of sp³-hybridized carbons (Fsp3) is 0.364. The SMILES string of the molecule is Nc1ccc(N2CCNC(=O)C2)c(C(F)(F)F)c1. The Morgan fingerprint density at radius 3 is 2.67 bits per heavy atom. The summed E-state index contributed by atoms with van der Waals surface area (Å²) >= 11 is 0. The summed E-state index contributed by atoms with van der Waals surface area (Å²) < 4.78 is 38.7. The molecule has 3 N–H and O–H groups in total. The lowest BCUT2D eigenvalue weighted by Crippen LogP contribution is -2.48. The molecule has 98 valence electrons. The van der Waals surface area contributed by atoms with E-state index in [1.165, 1.54) is 17.0 Å². The summed E-state index contributed by atoms with van der Waals surface area (Å²) in [5.41, 5.74) is 4.62. The zero-order chi connectivity index (χ0) is 13.3. The van der Waals surface area contributed by atoms with Gasteiger partial charge in [-0.1, -0.05) is 0 Å². The number of nitrogens with zero attached hydrogens (tertiary/aromatic N) is 1. The lowest BCUT2D eigenvalue weighted by atomic mass is 10.1. The number of carbonyl (C=O) groups is 1. The van der Waals surface area contributed by atoms with Crippen molar-refractivity contribution in [2.24, 2.45) is 0 Å². The Morgan fingerprint density at radius 1 is 1.33 bits per heavy atom. The van der Waals surface area contributed by atoms with E-state index in [1.54, 1.807) is 0 Å². The number of nitrogen functional groups attached to an aromatic ring is 1. The summed E-state index contributed by atoms with van der Waals surface area (Å²) in [5.74, 6) is -0.286. The lowest BCUT2D eigenvalue weighted by molar-refractivity contribution is -0.137. The predicted octanol–water partition coefficient (Wildman–Crippen LogP) is 1.22. The first kappa shape index (κ1) is 12.5. The average Bonchev–Trinajstić information content (AvgIpc) is 2.27. The Hall–Kier alpha value is -1.92. The molecule has 1 fully saturated rings. The van der Waals surface area contributed by atoms with E-state index in [9.17, 15) is 18.0 Å². The molecular formula is C11H12F3N3O. The molecule has 4 nitrogen and oxygen atoms in total. The number of benzene rings is 1. The molecule has 0 bridgehead atoms. The van der Waals surface area contributed by atoms with E-state index in [4.69, 9.17) is 5.73 Å².